The number of rotatable bonds is 4. The van der Waals surface area contributed by atoms with Crippen LogP contribution in [0.2, 0.25) is 0 Å². The highest BCUT2D eigenvalue weighted by molar-refractivity contribution is 14.1. The Morgan fingerprint density at radius 1 is 1.12 bits per heavy atom. The van der Waals surface area contributed by atoms with E-state index >= 15 is 0 Å². The van der Waals surface area contributed by atoms with Gasteiger partial charge in [-0.15, -0.1) is 0 Å². The lowest BCUT2D eigenvalue weighted by Crippen LogP contribution is -2.17. The molecule has 2 aromatic carbocycles. The van der Waals surface area contributed by atoms with Gasteiger partial charge < -0.3 is 4.42 Å². The van der Waals surface area contributed by atoms with Crippen LogP contribution in [0, 0.1) is 14.9 Å². The predicted molar refractivity (Wildman–Crippen MR) is 103 cm³/mol. The SMILES string of the molecule is N#Cc1ccccc1-c1ccc(/C=N\NC(=O)c2ccc(I)cc2)o1. The summed E-state index contributed by atoms with van der Waals surface area (Å²) < 4.78 is 6.72. The summed E-state index contributed by atoms with van der Waals surface area (Å²) in [6, 6.07) is 20.0. The third-order valence-electron chi connectivity index (χ3n) is 3.40. The van der Waals surface area contributed by atoms with Crippen molar-refractivity contribution < 1.29 is 9.21 Å². The van der Waals surface area contributed by atoms with E-state index in [0.717, 1.165) is 3.57 Å². The molecule has 0 saturated heterocycles. The van der Waals surface area contributed by atoms with Gasteiger partial charge in [0.15, 0.2) is 0 Å². The molecule has 25 heavy (non-hydrogen) atoms. The quantitative estimate of drug-likeness (QED) is 0.375. The summed E-state index contributed by atoms with van der Waals surface area (Å²) in [6.45, 7) is 0. The Morgan fingerprint density at radius 3 is 2.64 bits per heavy atom. The van der Waals surface area contributed by atoms with E-state index in [1.807, 2.05) is 24.3 Å². The second kappa shape index (κ2) is 7.77. The number of furan rings is 1. The normalized spacial score (nSPS) is 10.6. The molecule has 0 atom stereocenters. The molecule has 122 valence electrons. The predicted octanol–water partition coefficient (Wildman–Crippen LogP) is 4.19. The number of carbonyl (C=O) groups is 1. The zero-order valence-corrected chi connectivity index (χ0v) is 15.1. The lowest BCUT2D eigenvalue weighted by molar-refractivity contribution is 0.0955. The average Bonchev–Trinajstić information content (AvgIpc) is 3.11. The maximum Gasteiger partial charge on any atom is 0.271 e. The van der Waals surface area contributed by atoms with Gasteiger partial charge in [0.1, 0.15) is 11.5 Å². The van der Waals surface area contributed by atoms with Crippen LogP contribution in [-0.2, 0) is 0 Å². The summed E-state index contributed by atoms with van der Waals surface area (Å²) in [6.07, 6.45) is 1.42. The van der Waals surface area contributed by atoms with E-state index in [-0.39, 0.29) is 5.91 Å². The van der Waals surface area contributed by atoms with Crippen molar-refractivity contribution in [3.05, 3.63) is 81.1 Å². The van der Waals surface area contributed by atoms with Crippen LogP contribution >= 0.6 is 22.6 Å². The molecule has 0 unspecified atom stereocenters. The van der Waals surface area contributed by atoms with Crippen LogP contribution in [0.25, 0.3) is 11.3 Å². The van der Waals surface area contributed by atoms with E-state index in [0.29, 0.717) is 28.2 Å². The number of carbonyl (C=O) groups excluding carboxylic acids is 1. The molecule has 0 fully saturated rings. The Bertz CT molecular complexity index is 969. The molecule has 0 saturated carbocycles. The maximum atomic E-state index is 12.0. The van der Waals surface area contributed by atoms with Crippen LogP contribution in [0.5, 0.6) is 0 Å². The molecule has 0 aliphatic carbocycles. The van der Waals surface area contributed by atoms with Gasteiger partial charge in [0, 0.05) is 14.7 Å². The largest absolute Gasteiger partial charge is 0.455 e. The number of nitrogens with one attached hydrogen (secondary N) is 1. The summed E-state index contributed by atoms with van der Waals surface area (Å²) in [5.41, 5.74) is 4.23. The molecular weight excluding hydrogens is 429 g/mol. The van der Waals surface area contributed by atoms with Crippen molar-refractivity contribution in [3.8, 4) is 17.4 Å². The summed E-state index contributed by atoms with van der Waals surface area (Å²) in [7, 11) is 0. The highest BCUT2D eigenvalue weighted by Gasteiger charge is 2.08. The zero-order valence-electron chi connectivity index (χ0n) is 12.9. The van der Waals surface area contributed by atoms with Crippen LogP contribution in [0.4, 0.5) is 0 Å². The first-order valence-corrected chi connectivity index (χ1v) is 8.43. The number of hydrogen-bond acceptors (Lipinski definition) is 4. The highest BCUT2D eigenvalue weighted by Crippen LogP contribution is 2.24. The fraction of sp³-hybridized carbons (Fsp3) is 0. The van der Waals surface area contributed by atoms with Crippen LogP contribution in [0.1, 0.15) is 21.7 Å². The van der Waals surface area contributed by atoms with E-state index in [1.165, 1.54) is 6.21 Å². The van der Waals surface area contributed by atoms with Gasteiger partial charge in [-0.05, 0) is 71.1 Å². The molecule has 1 heterocycles. The Hall–Kier alpha value is -2.92. The van der Waals surface area contributed by atoms with Crippen molar-refractivity contribution in [1.82, 2.24) is 5.43 Å². The van der Waals surface area contributed by atoms with Crippen molar-refractivity contribution in [2.24, 2.45) is 5.10 Å². The molecule has 1 amide bonds. The average molecular weight is 441 g/mol. The van der Waals surface area contributed by atoms with Crippen LogP contribution in [0.15, 0.2) is 70.2 Å². The highest BCUT2D eigenvalue weighted by atomic mass is 127. The molecule has 0 bridgehead atoms. The van der Waals surface area contributed by atoms with E-state index in [4.69, 9.17) is 9.68 Å². The first-order valence-electron chi connectivity index (χ1n) is 7.35. The standard InChI is InChI=1S/C19H12IN3O2/c20-15-7-5-13(6-8-15)19(24)23-22-12-16-9-10-18(25-16)17-4-2-1-3-14(17)11-21/h1-10,12H,(H,23,24)/b22-12-. The molecule has 0 aliphatic heterocycles. The number of hydrazone groups is 1. The summed E-state index contributed by atoms with van der Waals surface area (Å²) in [5, 5.41) is 13.1. The number of hydrogen-bond donors (Lipinski definition) is 1. The molecule has 1 aromatic heterocycles. The first kappa shape index (κ1) is 16.9. The van der Waals surface area contributed by atoms with E-state index in [9.17, 15) is 4.79 Å². The number of amides is 1. The molecule has 0 radical (unpaired) electrons. The van der Waals surface area contributed by atoms with Crippen LogP contribution in [0.3, 0.4) is 0 Å². The summed E-state index contributed by atoms with van der Waals surface area (Å²) >= 11 is 2.17. The molecule has 5 nitrogen and oxygen atoms in total. The van der Waals surface area contributed by atoms with Crippen LogP contribution in [-0.4, -0.2) is 12.1 Å². The minimum Gasteiger partial charge on any atom is -0.455 e. The minimum absolute atomic E-state index is 0.297. The Kier molecular flexibility index (Phi) is 5.26. The van der Waals surface area contributed by atoms with Crippen LogP contribution < -0.4 is 5.43 Å². The lowest BCUT2D eigenvalue weighted by Gasteiger charge is -2.00. The van der Waals surface area contributed by atoms with E-state index in [1.54, 1.807) is 36.4 Å². The number of benzene rings is 2. The van der Waals surface area contributed by atoms with Gasteiger partial charge in [0.2, 0.25) is 0 Å². The maximum absolute atomic E-state index is 12.0. The molecule has 0 spiro atoms. The Labute approximate surface area is 158 Å². The molecule has 6 heteroatoms. The fourth-order valence-electron chi connectivity index (χ4n) is 2.18. The van der Waals surface area contributed by atoms with E-state index < -0.39 is 0 Å². The Balaban J connectivity index is 1.69. The third kappa shape index (κ3) is 4.14. The molecule has 1 N–H and O–H groups in total. The molecule has 3 aromatic rings. The van der Waals surface area contributed by atoms with Gasteiger partial charge >= 0.3 is 0 Å². The van der Waals surface area contributed by atoms with Gasteiger partial charge in [-0.25, -0.2) is 5.43 Å². The smallest absolute Gasteiger partial charge is 0.271 e. The molecular formula is C19H12IN3O2. The number of halogens is 1. The number of nitrogens with zero attached hydrogens (tertiary/aromatic N) is 2. The summed E-state index contributed by atoms with van der Waals surface area (Å²) in [5.74, 6) is 0.752. The summed E-state index contributed by atoms with van der Waals surface area (Å²) in [4.78, 5) is 12.0. The van der Waals surface area contributed by atoms with Crippen molar-refractivity contribution >= 4 is 34.7 Å². The molecule has 3 rings (SSSR count). The van der Waals surface area contributed by atoms with Gasteiger partial charge in [0.05, 0.1) is 17.8 Å². The second-order valence-corrected chi connectivity index (χ2v) is 6.31. The van der Waals surface area contributed by atoms with Gasteiger partial charge in [-0.1, -0.05) is 12.1 Å². The topological polar surface area (TPSA) is 78.4 Å². The monoisotopic (exact) mass is 441 g/mol. The third-order valence-corrected chi connectivity index (χ3v) is 4.12. The second-order valence-electron chi connectivity index (χ2n) is 5.07. The van der Waals surface area contributed by atoms with Gasteiger partial charge in [-0.2, -0.15) is 10.4 Å². The van der Waals surface area contributed by atoms with Crippen molar-refractivity contribution in [2.75, 3.05) is 0 Å². The van der Waals surface area contributed by atoms with E-state index in [2.05, 4.69) is 39.2 Å². The first-order chi connectivity index (χ1) is 12.2. The zero-order chi connectivity index (χ0) is 17.6. The Morgan fingerprint density at radius 2 is 1.88 bits per heavy atom. The molecule has 0 aliphatic rings. The van der Waals surface area contributed by atoms with Crippen molar-refractivity contribution in [2.45, 2.75) is 0 Å². The van der Waals surface area contributed by atoms with Crippen molar-refractivity contribution in [3.63, 3.8) is 0 Å². The minimum atomic E-state index is -0.297. The van der Waals surface area contributed by atoms with Gasteiger partial charge in [0.25, 0.3) is 5.91 Å². The fourth-order valence-corrected chi connectivity index (χ4v) is 2.54. The van der Waals surface area contributed by atoms with Gasteiger partial charge in [-0.3, -0.25) is 4.79 Å². The number of nitriles is 1. The van der Waals surface area contributed by atoms with Crippen molar-refractivity contribution in [1.29, 1.82) is 5.26 Å². The lowest BCUT2D eigenvalue weighted by atomic mass is 10.1.